The Morgan fingerprint density at radius 3 is 2.47 bits per heavy atom. The molecule has 2 aromatic carbocycles. The smallest absolute Gasteiger partial charge is 0.225 e. The lowest BCUT2D eigenvalue weighted by Crippen LogP contribution is -2.38. The molecule has 2 aromatic rings. The van der Waals surface area contributed by atoms with Crippen LogP contribution in [0, 0.1) is 0 Å². The Morgan fingerprint density at radius 1 is 0.969 bits per heavy atom. The number of ketones is 1. The van der Waals surface area contributed by atoms with Crippen molar-refractivity contribution in [3.63, 3.8) is 0 Å². The molecule has 168 valence electrons. The standard InChI is InChI=1S/C25H25Cl2NO4/c1-3-8-32-22-7-5-15(12-23(22)31-2)17-13-24(30)28-20-10-16(11-21(29)25(17)20)14-4-6-18(26)19(27)9-14/h4-7,9,12,16-17H,3,8,10-11,13H2,1-2H3,(H,28,30). The van der Waals surface area contributed by atoms with E-state index in [1.807, 2.05) is 31.2 Å². The molecular weight excluding hydrogens is 449 g/mol. The fraction of sp³-hybridized carbons (Fsp3) is 0.360. The van der Waals surface area contributed by atoms with Gasteiger partial charge in [0, 0.05) is 30.0 Å². The van der Waals surface area contributed by atoms with Crippen molar-refractivity contribution in [3.8, 4) is 11.5 Å². The number of ether oxygens (including phenoxy) is 2. The zero-order valence-corrected chi connectivity index (χ0v) is 19.6. The van der Waals surface area contributed by atoms with Crippen molar-refractivity contribution in [3.05, 3.63) is 68.8 Å². The molecule has 0 radical (unpaired) electrons. The fourth-order valence-electron chi connectivity index (χ4n) is 4.48. The van der Waals surface area contributed by atoms with Gasteiger partial charge in [0.05, 0.1) is 23.8 Å². The molecular formula is C25H25Cl2NO4. The minimum Gasteiger partial charge on any atom is -0.493 e. The van der Waals surface area contributed by atoms with Crippen LogP contribution in [0.25, 0.3) is 0 Å². The number of carbonyl (C=O) groups is 2. The molecule has 4 rings (SSSR count). The number of rotatable bonds is 6. The normalized spacial score (nSPS) is 20.6. The number of hydrogen-bond donors (Lipinski definition) is 1. The molecule has 0 bridgehead atoms. The SMILES string of the molecule is CCCOc1ccc(C2CC(=O)NC3=C2C(=O)CC(c2ccc(Cl)c(Cl)c2)C3)cc1OC. The zero-order chi connectivity index (χ0) is 22.8. The van der Waals surface area contributed by atoms with Gasteiger partial charge in [0.25, 0.3) is 0 Å². The van der Waals surface area contributed by atoms with Gasteiger partial charge in [0.1, 0.15) is 0 Å². The lowest BCUT2D eigenvalue weighted by Gasteiger charge is -2.34. The molecule has 1 N–H and O–H groups in total. The maximum atomic E-state index is 13.3. The van der Waals surface area contributed by atoms with Crippen LogP contribution in [0.2, 0.25) is 10.0 Å². The minimum absolute atomic E-state index is 0.0394. The van der Waals surface area contributed by atoms with Crippen LogP contribution >= 0.6 is 23.2 Å². The first-order chi connectivity index (χ1) is 15.4. The Balaban J connectivity index is 1.67. The van der Waals surface area contributed by atoms with Gasteiger partial charge in [-0.3, -0.25) is 9.59 Å². The number of hydrogen-bond acceptors (Lipinski definition) is 4. The molecule has 1 amide bonds. The third-order valence-electron chi connectivity index (χ3n) is 6.00. The molecule has 5 nitrogen and oxygen atoms in total. The van der Waals surface area contributed by atoms with Crippen molar-refractivity contribution >= 4 is 34.9 Å². The highest BCUT2D eigenvalue weighted by molar-refractivity contribution is 6.42. The number of Topliss-reactive ketones (excluding diaryl/α,β-unsaturated/α-hetero) is 1. The topological polar surface area (TPSA) is 64.6 Å². The number of allylic oxidation sites excluding steroid dienone is 2. The van der Waals surface area contributed by atoms with Gasteiger partial charge in [-0.15, -0.1) is 0 Å². The number of amides is 1. The molecule has 1 aliphatic carbocycles. The van der Waals surface area contributed by atoms with E-state index >= 15 is 0 Å². The summed E-state index contributed by atoms with van der Waals surface area (Å²) in [5.41, 5.74) is 3.19. The summed E-state index contributed by atoms with van der Waals surface area (Å²) in [7, 11) is 1.59. The molecule has 0 saturated heterocycles. The number of halogens is 2. The Hall–Kier alpha value is -2.50. The molecule has 0 aromatic heterocycles. The summed E-state index contributed by atoms with van der Waals surface area (Å²) in [6, 6.07) is 11.1. The summed E-state index contributed by atoms with van der Waals surface area (Å²) in [6.45, 7) is 2.63. The van der Waals surface area contributed by atoms with Gasteiger partial charge in [0.2, 0.25) is 5.91 Å². The van der Waals surface area contributed by atoms with E-state index in [0.717, 1.165) is 17.5 Å². The second-order valence-electron chi connectivity index (χ2n) is 8.16. The molecule has 2 unspecified atom stereocenters. The largest absolute Gasteiger partial charge is 0.493 e. The van der Waals surface area contributed by atoms with Gasteiger partial charge in [-0.2, -0.15) is 0 Å². The maximum Gasteiger partial charge on any atom is 0.225 e. The van der Waals surface area contributed by atoms with E-state index < -0.39 is 0 Å². The van der Waals surface area contributed by atoms with E-state index in [1.165, 1.54) is 0 Å². The first-order valence-electron chi connectivity index (χ1n) is 10.7. The second kappa shape index (κ2) is 9.55. The highest BCUT2D eigenvalue weighted by atomic mass is 35.5. The third-order valence-corrected chi connectivity index (χ3v) is 6.74. The van der Waals surface area contributed by atoms with Crippen molar-refractivity contribution in [1.82, 2.24) is 5.32 Å². The van der Waals surface area contributed by atoms with Crippen LogP contribution in [0.5, 0.6) is 11.5 Å². The summed E-state index contributed by atoms with van der Waals surface area (Å²) >= 11 is 12.2. The molecule has 0 saturated carbocycles. The molecule has 0 fully saturated rings. The summed E-state index contributed by atoms with van der Waals surface area (Å²) in [4.78, 5) is 25.9. The van der Waals surface area contributed by atoms with Crippen LogP contribution in [0.3, 0.4) is 0 Å². The summed E-state index contributed by atoms with van der Waals surface area (Å²) in [5, 5.41) is 3.88. The molecule has 7 heteroatoms. The van der Waals surface area contributed by atoms with E-state index in [9.17, 15) is 9.59 Å². The molecule has 1 heterocycles. The predicted molar refractivity (Wildman–Crippen MR) is 125 cm³/mol. The van der Waals surface area contributed by atoms with Crippen LogP contribution in [0.4, 0.5) is 0 Å². The van der Waals surface area contributed by atoms with Crippen molar-refractivity contribution in [2.75, 3.05) is 13.7 Å². The van der Waals surface area contributed by atoms with Gasteiger partial charge in [-0.05, 0) is 54.2 Å². The summed E-state index contributed by atoms with van der Waals surface area (Å²) in [5.74, 6) is 0.826. The van der Waals surface area contributed by atoms with Crippen LogP contribution < -0.4 is 14.8 Å². The van der Waals surface area contributed by atoms with E-state index in [0.29, 0.717) is 52.3 Å². The average Bonchev–Trinajstić information content (AvgIpc) is 2.78. The Labute approximate surface area is 197 Å². The first kappa shape index (κ1) is 22.7. The van der Waals surface area contributed by atoms with E-state index in [-0.39, 0.29) is 29.9 Å². The van der Waals surface area contributed by atoms with E-state index in [1.54, 1.807) is 19.2 Å². The van der Waals surface area contributed by atoms with Crippen molar-refractivity contribution in [1.29, 1.82) is 0 Å². The maximum absolute atomic E-state index is 13.3. The van der Waals surface area contributed by atoms with Crippen molar-refractivity contribution < 1.29 is 19.1 Å². The molecule has 0 spiro atoms. The van der Waals surface area contributed by atoms with Gasteiger partial charge < -0.3 is 14.8 Å². The molecule has 1 aliphatic heterocycles. The first-order valence-corrected chi connectivity index (χ1v) is 11.5. The van der Waals surface area contributed by atoms with Crippen molar-refractivity contribution in [2.24, 2.45) is 0 Å². The Bertz CT molecular complexity index is 1100. The fourth-order valence-corrected chi connectivity index (χ4v) is 4.79. The number of carbonyl (C=O) groups excluding carboxylic acids is 2. The number of methoxy groups -OCH3 is 1. The predicted octanol–water partition coefficient (Wildman–Crippen LogP) is 5.80. The molecule has 2 aliphatic rings. The lowest BCUT2D eigenvalue weighted by molar-refractivity contribution is -0.122. The van der Waals surface area contributed by atoms with Gasteiger partial charge in [0.15, 0.2) is 17.3 Å². The van der Waals surface area contributed by atoms with Gasteiger partial charge >= 0.3 is 0 Å². The average molecular weight is 474 g/mol. The van der Waals surface area contributed by atoms with Crippen LogP contribution in [-0.4, -0.2) is 25.4 Å². The van der Waals surface area contributed by atoms with E-state index in [4.69, 9.17) is 32.7 Å². The van der Waals surface area contributed by atoms with Crippen LogP contribution in [0.1, 0.15) is 55.6 Å². The molecule has 32 heavy (non-hydrogen) atoms. The summed E-state index contributed by atoms with van der Waals surface area (Å²) in [6.07, 6.45) is 2.03. The second-order valence-corrected chi connectivity index (χ2v) is 8.97. The van der Waals surface area contributed by atoms with Crippen LogP contribution in [0.15, 0.2) is 47.7 Å². The molecule has 2 atom stereocenters. The zero-order valence-electron chi connectivity index (χ0n) is 18.0. The Morgan fingerprint density at radius 2 is 1.75 bits per heavy atom. The highest BCUT2D eigenvalue weighted by Gasteiger charge is 2.38. The monoisotopic (exact) mass is 473 g/mol. The quantitative estimate of drug-likeness (QED) is 0.575. The minimum atomic E-state index is -0.310. The number of nitrogens with one attached hydrogen (secondary N) is 1. The van der Waals surface area contributed by atoms with Gasteiger partial charge in [-0.1, -0.05) is 42.3 Å². The third kappa shape index (κ3) is 4.50. The van der Waals surface area contributed by atoms with Crippen LogP contribution in [-0.2, 0) is 9.59 Å². The number of benzene rings is 2. The summed E-state index contributed by atoms with van der Waals surface area (Å²) < 4.78 is 11.3. The lowest BCUT2D eigenvalue weighted by atomic mass is 9.73. The van der Waals surface area contributed by atoms with Crippen molar-refractivity contribution in [2.45, 2.75) is 44.4 Å². The van der Waals surface area contributed by atoms with Gasteiger partial charge in [-0.25, -0.2) is 0 Å². The highest BCUT2D eigenvalue weighted by Crippen LogP contribution is 2.44. The Kier molecular flexibility index (Phi) is 6.77. The van der Waals surface area contributed by atoms with E-state index in [2.05, 4.69) is 5.32 Å².